The lowest BCUT2D eigenvalue weighted by Gasteiger charge is -2.15. The molecule has 4 heteroatoms. The molecule has 0 unspecified atom stereocenters. The second-order valence-electron chi connectivity index (χ2n) is 6.37. The van der Waals surface area contributed by atoms with Crippen LogP contribution in [-0.4, -0.2) is 18.0 Å². The zero-order valence-corrected chi connectivity index (χ0v) is 14.0. The summed E-state index contributed by atoms with van der Waals surface area (Å²) in [5.41, 5.74) is 1.92. The molecule has 2 atom stereocenters. The van der Waals surface area contributed by atoms with E-state index in [1.54, 1.807) is 6.92 Å². The fourth-order valence-electron chi connectivity index (χ4n) is 2.57. The summed E-state index contributed by atoms with van der Waals surface area (Å²) in [5.74, 6) is 0.0718. The van der Waals surface area contributed by atoms with Crippen LogP contribution in [0.3, 0.4) is 0 Å². The summed E-state index contributed by atoms with van der Waals surface area (Å²) in [6, 6.07) is 7.71. The Morgan fingerprint density at radius 2 is 1.91 bits per heavy atom. The van der Waals surface area contributed by atoms with E-state index in [2.05, 4.69) is 25.2 Å². The maximum atomic E-state index is 12.1. The summed E-state index contributed by atoms with van der Waals surface area (Å²) in [4.78, 5) is 24.0. The number of ether oxygens (including phenoxy) is 1. The van der Waals surface area contributed by atoms with Crippen molar-refractivity contribution in [2.45, 2.75) is 52.1 Å². The Kier molecular flexibility index (Phi) is 5.97. The van der Waals surface area contributed by atoms with Crippen LogP contribution in [-0.2, 0) is 14.3 Å². The van der Waals surface area contributed by atoms with Gasteiger partial charge in [-0.3, -0.25) is 9.59 Å². The third-order valence-electron chi connectivity index (χ3n) is 4.06. The Bertz CT molecular complexity index is 575. The molecule has 124 valence electrons. The highest BCUT2D eigenvalue weighted by molar-refractivity contribution is 5.95. The molecule has 1 aliphatic carbocycles. The molecule has 0 heterocycles. The van der Waals surface area contributed by atoms with Gasteiger partial charge in [-0.05, 0) is 49.3 Å². The van der Waals surface area contributed by atoms with Crippen LogP contribution in [0.2, 0.25) is 0 Å². The number of anilines is 1. The van der Waals surface area contributed by atoms with E-state index in [0.717, 1.165) is 12.8 Å². The monoisotopic (exact) mass is 315 g/mol. The van der Waals surface area contributed by atoms with Crippen LogP contribution in [0.5, 0.6) is 0 Å². The zero-order chi connectivity index (χ0) is 16.8. The van der Waals surface area contributed by atoms with E-state index in [1.807, 2.05) is 30.3 Å². The van der Waals surface area contributed by atoms with Gasteiger partial charge in [-0.25, -0.2) is 0 Å². The average Bonchev–Trinajstić information content (AvgIpc) is 3.00. The van der Waals surface area contributed by atoms with E-state index in [9.17, 15) is 9.59 Å². The number of rotatable bonds is 6. The van der Waals surface area contributed by atoms with Crippen molar-refractivity contribution in [3.63, 3.8) is 0 Å². The van der Waals surface area contributed by atoms with Gasteiger partial charge in [0.05, 0.1) is 6.42 Å². The Balaban J connectivity index is 1.81. The van der Waals surface area contributed by atoms with E-state index in [1.165, 1.54) is 5.56 Å². The van der Waals surface area contributed by atoms with Crippen molar-refractivity contribution in [1.29, 1.82) is 0 Å². The third-order valence-corrected chi connectivity index (χ3v) is 4.06. The summed E-state index contributed by atoms with van der Waals surface area (Å²) in [6.45, 7) is 5.84. The largest absolute Gasteiger partial charge is 0.453 e. The predicted octanol–water partition coefficient (Wildman–Crippen LogP) is 4.04. The molecule has 2 rings (SSSR count). The van der Waals surface area contributed by atoms with Gasteiger partial charge in [-0.1, -0.05) is 38.1 Å². The van der Waals surface area contributed by atoms with Gasteiger partial charge in [0.25, 0.3) is 5.91 Å². The van der Waals surface area contributed by atoms with Gasteiger partial charge in [0.1, 0.15) is 0 Å². The molecule has 0 saturated carbocycles. The highest BCUT2D eigenvalue weighted by Crippen LogP contribution is 2.21. The first-order valence-electron chi connectivity index (χ1n) is 8.22. The van der Waals surface area contributed by atoms with Crippen LogP contribution in [0.1, 0.15) is 51.5 Å². The molecule has 1 aromatic rings. The molecule has 0 aromatic heterocycles. The highest BCUT2D eigenvalue weighted by atomic mass is 16.5. The molecule has 1 aliphatic rings. The molecular formula is C19H25NO3. The van der Waals surface area contributed by atoms with E-state index < -0.39 is 6.10 Å². The number of esters is 1. The third kappa shape index (κ3) is 5.23. The van der Waals surface area contributed by atoms with E-state index >= 15 is 0 Å². The Labute approximate surface area is 137 Å². The van der Waals surface area contributed by atoms with Gasteiger partial charge in [0.15, 0.2) is 6.10 Å². The molecule has 23 heavy (non-hydrogen) atoms. The van der Waals surface area contributed by atoms with Gasteiger partial charge >= 0.3 is 5.97 Å². The van der Waals surface area contributed by atoms with Crippen molar-refractivity contribution < 1.29 is 14.3 Å². The quantitative estimate of drug-likeness (QED) is 0.637. The van der Waals surface area contributed by atoms with Crippen molar-refractivity contribution in [3.8, 4) is 0 Å². The second-order valence-corrected chi connectivity index (χ2v) is 6.37. The molecule has 1 amide bonds. The molecular weight excluding hydrogens is 290 g/mol. The molecule has 4 nitrogen and oxygen atoms in total. The number of allylic oxidation sites excluding steroid dienone is 2. The maximum absolute atomic E-state index is 12.1. The van der Waals surface area contributed by atoms with Crippen molar-refractivity contribution in [2.24, 2.45) is 5.92 Å². The van der Waals surface area contributed by atoms with E-state index in [0.29, 0.717) is 18.0 Å². The summed E-state index contributed by atoms with van der Waals surface area (Å²) in [7, 11) is 0. The summed E-state index contributed by atoms with van der Waals surface area (Å²) in [6.07, 6.45) is 5.67. The molecule has 0 fully saturated rings. The van der Waals surface area contributed by atoms with Gasteiger partial charge in [0, 0.05) is 5.69 Å². The van der Waals surface area contributed by atoms with Crippen LogP contribution >= 0.6 is 0 Å². The lowest BCUT2D eigenvalue weighted by Crippen LogP contribution is -2.30. The predicted molar refractivity (Wildman–Crippen MR) is 91.2 cm³/mol. The first-order chi connectivity index (χ1) is 11.0. The molecule has 0 radical (unpaired) electrons. The molecule has 0 saturated heterocycles. The smallest absolute Gasteiger partial charge is 0.307 e. The first kappa shape index (κ1) is 17.3. The number of hydrogen-bond donors (Lipinski definition) is 1. The van der Waals surface area contributed by atoms with Gasteiger partial charge in [-0.15, -0.1) is 0 Å². The lowest BCUT2D eigenvalue weighted by atomic mass is 10.0. The first-order valence-corrected chi connectivity index (χ1v) is 8.22. The number of benzene rings is 1. The van der Waals surface area contributed by atoms with Crippen LogP contribution in [0.25, 0.3) is 0 Å². The highest BCUT2D eigenvalue weighted by Gasteiger charge is 2.21. The topological polar surface area (TPSA) is 55.4 Å². The lowest BCUT2D eigenvalue weighted by molar-refractivity contribution is -0.153. The number of hydrogen-bond acceptors (Lipinski definition) is 3. The van der Waals surface area contributed by atoms with E-state index in [-0.39, 0.29) is 17.8 Å². The van der Waals surface area contributed by atoms with Crippen LogP contribution < -0.4 is 5.32 Å². The van der Waals surface area contributed by atoms with Crippen LogP contribution in [0, 0.1) is 5.92 Å². The molecule has 0 aliphatic heterocycles. The number of carbonyl (C=O) groups excluding carboxylic acids is 2. The summed E-state index contributed by atoms with van der Waals surface area (Å²) in [5, 5.41) is 2.78. The summed E-state index contributed by atoms with van der Waals surface area (Å²) >= 11 is 0. The van der Waals surface area contributed by atoms with Gasteiger partial charge < -0.3 is 10.1 Å². The SMILES string of the molecule is CC(C)c1ccc(NC(=O)[C@H](C)OC(=O)C[C@H]2C=CCC2)cc1. The van der Waals surface area contributed by atoms with Crippen molar-refractivity contribution in [1.82, 2.24) is 0 Å². The van der Waals surface area contributed by atoms with Crippen molar-refractivity contribution in [2.75, 3.05) is 5.32 Å². The minimum Gasteiger partial charge on any atom is -0.453 e. The minimum absolute atomic E-state index is 0.251. The number of amides is 1. The van der Waals surface area contributed by atoms with Gasteiger partial charge in [-0.2, -0.15) is 0 Å². The molecule has 1 N–H and O–H groups in total. The zero-order valence-electron chi connectivity index (χ0n) is 14.0. The van der Waals surface area contributed by atoms with Crippen molar-refractivity contribution in [3.05, 3.63) is 42.0 Å². The van der Waals surface area contributed by atoms with Crippen LogP contribution in [0.4, 0.5) is 5.69 Å². The second kappa shape index (κ2) is 7.95. The molecule has 1 aromatic carbocycles. The normalized spacial score (nSPS) is 18.0. The van der Waals surface area contributed by atoms with Crippen molar-refractivity contribution >= 4 is 17.6 Å². The summed E-state index contributed by atoms with van der Waals surface area (Å²) < 4.78 is 5.22. The minimum atomic E-state index is -0.794. The molecule has 0 bridgehead atoms. The fraction of sp³-hybridized carbons (Fsp3) is 0.474. The fourth-order valence-corrected chi connectivity index (χ4v) is 2.57. The molecule has 0 spiro atoms. The number of nitrogens with one attached hydrogen (secondary N) is 1. The van der Waals surface area contributed by atoms with E-state index in [4.69, 9.17) is 4.74 Å². The average molecular weight is 315 g/mol. The van der Waals surface area contributed by atoms with Gasteiger partial charge in [0.2, 0.25) is 0 Å². The Morgan fingerprint density at radius 1 is 1.22 bits per heavy atom. The number of carbonyl (C=O) groups is 2. The Morgan fingerprint density at radius 3 is 2.48 bits per heavy atom. The standard InChI is InChI=1S/C19H25NO3/c1-13(2)16-8-10-17(11-9-16)20-19(22)14(3)23-18(21)12-15-6-4-5-7-15/h4,6,8-11,13-15H,5,7,12H2,1-3H3,(H,20,22)/t14-,15-/m0/s1. The maximum Gasteiger partial charge on any atom is 0.307 e. The Hall–Kier alpha value is -2.10. The van der Waals surface area contributed by atoms with Crippen LogP contribution in [0.15, 0.2) is 36.4 Å².